The monoisotopic (exact) mass is 334 g/mol. The number of nitrogens with one attached hydrogen (secondary N) is 1. The fraction of sp³-hybridized carbons (Fsp3) is 0.471. The topological polar surface area (TPSA) is 99.9 Å². The standard InChI is InChI=1S/C17H22N2O5/c1-2-3-7-12(17(22)23)18-15(20)13-8-4-5-10-19(13)16(21)14-9-6-11-24-14/h2,6,9,11-13H,1,3-5,7-8,10H2,(H,18,20)(H,22,23). The Morgan fingerprint density at radius 1 is 1.46 bits per heavy atom. The van der Waals surface area contributed by atoms with E-state index in [4.69, 9.17) is 4.42 Å². The highest BCUT2D eigenvalue weighted by molar-refractivity contribution is 5.96. The van der Waals surface area contributed by atoms with Crippen LogP contribution in [0.1, 0.15) is 42.7 Å². The van der Waals surface area contributed by atoms with Gasteiger partial charge in [-0.3, -0.25) is 9.59 Å². The van der Waals surface area contributed by atoms with E-state index in [0.717, 1.165) is 12.8 Å². The van der Waals surface area contributed by atoms with E-state index >= 15 is 0 Å². The van der Waals surface area contributed by atoms with Crippen molar-refractivity contribution >= 4 is 17.8 Å². The molecule has 0 saturated carbocycles. The molecule has 1 aromatic heterocycles. The van der Waals surface area contributed by atoms with Crippen molar-refractivity contribution in [1.82, 2.24) is 10.2 Å². The molecule has 0 spiro atoms. The third kappa shape index (κ3) is 4.24. The summed E-state index contributed by atoms with van der Waals surface area (Å²) in [5.74, 6) is -1.70. The molecule has 7 heteroatoms. The highest BCUT2D eigenvalue weighted by atomic mass is 16.4. The van der Waals surface area contributed by atoms with E-state index in [2.05, 4.69) is 11.9 Å². The molecule has 0 aliphatic carbocycles. The van der Waals surface area contributed by atoms with Gasteiger partial charge in [0.05, 0.1) is 6.26 Å². The van der Waals surface area contributed by atoms with Crippen molar-refractivity contribution in [3.63, 3.8) is 0 Å². The van der Waals surface area contributed by atoms with Crippen molar-refractivity contribution in [1.29, 1.82) is 0 Å². The lowest BCUT2D eigenvalue weighted by molar-refractivity contribution is -0.142. The average Bonchev–Trinajstić information content (AvgIpc) is 3.12. The van der Waals surface area contributed by atoms with Crippen LogP contribution in [-0.4, -0.2) is 46.4 Å². The average molecular weight is 334 g/mol. The molecule has 1 saturated heterocycles. The van der Waals surface area contributed by atoms with E-state index < -0.39 is 24.0 Å². The van der Waals surface area contributed by atoms with E-state index in [1.807, 2.05) is 0 Å². The van der Waals surface area contributed by atoms with Crippen LogP contribution in [0.4, 0.5) is 0 Å². The van der Waals surface area contributed by atoms with Gasteiger partial charge < -0.3 is 19.7 Å². The van der Waals surface area contributed by atoms with Gasteiger partial charge in [-0.25, -0.2) is 4.79 Å². The van der Waals surface area contributed by atoms with Crippen LogP contribution in [0.25, 0.3) is 0 Å². The molecule has 2 heterocycles. The minimum Gasteiger partial charge on any atom is -0.480 e. The van der Waals surface area contributed by atoms with Crippen LogP contribution >= 0.6 is 0 Å². The third-order valence-corrected chi connectivity index (χ3v) is 4.07. The van der Waals surface area contributed by atoms with Crippen LogP contribution in [0.3, 0.4) is 0 Å². The minimum atomic E-state index is -1.09. The predicted molar refractivity (Wildman–Crippen MR) is 86.4 cm³/mol. The van der Waals surface area contributed by atoms with Crippen molar-refractivity contribution in [3.05, 3.63) is 36.8 Å². The van der Waals surface area contributed by atoms with E-state index in [0.29, 0.717) is 19.4 Å². The Morgan fingerprint density at radius 3 is 2.88 bits per heavy atom. The number of amides is 2. The van der Waals surface area contributed by atoms with Crippen molar-refractivity contribution in [3.8, 4) is 0 Å². The van der Waals surface area contributed by atoms with Gasteiger partial charge in [-0.05, 0) is 44.2 Å². The predicted octanol–water partition coefficient (Wildman–Crippen LogP) is 1.81. The first-order valence-corrected chi connectivity index (χ1v) is 8.03. The first-order chi connectivity index (χ1) is 11.5. The molecule has 0 aromatic carbocycles. The molecular formula is C17H22N2O5. The van der Waals surface area contributed by atoms with Gasteiger partial charge in [0, 0.05) is 6.54 Å². The summed E-state index contributed by atoms with van der Waals surface area (Å²) >= 11 is 0. The molecule has 0 bridgehead atoms. The van der Waals surface area contributed by atoms with Gasteiger partial charge in [0.15, 0.2) is 5.76 Å². The van der Waals surface area contributed by atoms with Crippen LogP contribution in [0, 0.1) is 0 Å². The number of aliphatic carboxylic acids is 1. The Kier molecular flexibility index (Phi) is 6.17. The maximum atomic E-state index is 12.5. The summed E-state index contributed by atoms with van der Waals surface area (Å²) in [7, 11) is 0. The number of carboxylic acids is 1. The lowest BCUT2D eigenvalue weighted by Crippen LogP contribution is -2.54. The molecule has 1 aliphatic rings. The van der Waals surface area contributed by atoms with Crippen molar-refractivity contribution in [2.75, 3.05) is 6.54 Å². The summed E-state index contributed by atoms with van der Waals surface area (Å²) in [6.45, 7) is 4.00. The number of nitrogens with zero attached hydrogens (tertiary/aromatic N) is 1. The molecule has 24 heavy (non-hydrogen) atoms. The molecule has 2 unspecified atom stereocenters. The number of likely N-dealkylation sites (tertiary alicyclic amines) is 1. The first-order valence-electron chi connectivity index (χ1n) is 8.03. The van der Waals surface area contributed by atoms with Crippen LogP contribution in [0.15, 0.2) is 35.5 Å². The van der Waals surface area contributed by atoms with E-state index in [-0.39, 0.29) is 18.1 Å². The smallest absolute Gasteiger partial charge is 0.326 e. The maximum absolute atomic E-state index is 12.5. The van der Waals surface area contributed by atoms with Gasteiger partial charge in [0.2, 0.25) is 5.91 Å². The number of piperidine rings is 1. The molecule has 2 amide bonds. The molecule has 2 N–H and O–H groups in total. The van der Waals surface area contributed by atoms with E-state index in [9.17, 15) is 19.5 Å². The lowest BCUT2D eigenvalue weighted by atomic mass is 10.00. The van der Waals surface area contributed by atoms with Gasteiger partial charge in [-0.1, -0.05) is 6.08 Å². The zero-order chi connectivity index (χ0) is 17.5. The SMILES string of the molecule is C=CCCC(NC(=O)C1CCCCN1C(=O)c1ccco1)C(=O)O. The molecule has 1 aromatic rings. The number of furan rings is 1. The number of carbonyl (C=O) groups excluding carboxylic acids is 2. The number of carboxylic acid groups (broad SMARTS) is 1. The Labute approximate surface area is 140 Å². The number of hydrogen-bond donors (Lipinski definition) is 2. The molecule has 0 radical (unpaired) electrons. The van der Waals surface area contributed by atoms with Gasteiger partial charge in [-0.15, -0.1) is 6.58 Å². The molecular weight excluding hydrogens is 312 g/mol. The minimum absolute atomic E-state index is 0.177. The van der Waals surface area contributed by atoms with E-state index in [1.54, 1.807) is 18.2 Å². The number of rotatable bonds is 7. The fourth-order valence-corrected chi connectivity index (χ4v) is 2.80. The van der Waals surface area contributed by atoms with Crippen LogP contribution in [0.5, 0.6) is 0 Å². The summed E-state index contributed by atoms with van der Waals surface area (Å²) in [4.78, 5) is 37.8. The highest BCUT2D eigenvalue weighted by Gasteiger charge is 2.35. The largest absolute Gasteiger partial charge is 0.480 e. The van der Waals surface area contributed by atoms with Crippen LogP contribution < -0.4 is 5.32 Å². The summed E-state index contributed by atoms with van der Waals surface area (Å²) in [5, 5.41) is 11.8. The molecule has 130 valence electrons. The van der Waals surface area contributed by atoms with Crippen molar-refractivity contribution in [2.24, 2.45) is 0 Å². The summed E-state index contributed by atoms with van der Waals surface area (Å²) < 4.78 is 5.12. The van der Waals surface area contributed by atoms with Gasteiger partial charge in [-0.2, -0.15) is 0 Å². The number of allylic oxidation sites excluding steroid dienone is 1. The molecule has 2 atom stereocenters. The third-order valence-electron chi connectivity index (χ3n) is 4.07. The normalized spacial score (nSPS) is 18.7. The van der Waals surface area contributed by atoms with Crippen molar-refractivity contribution in [2.45, 2.75) is 44.2 Å². The fourth-order valence-electron chi connectivity index (χ4n) is 2.80. The van der Waals surface area contributed by atoms with Crippen LogP contribution in [-0.2, 0) is 9.59 Å². The molecule has 1 aliphatic heterocycles. The summed E-state index contributed by atoms with van der Waals surface area (Å²) in [5.41, 5.74) is 0. The quantitative estimate of drug-likeness (QED) is 0.741. The summed E-state index contributed by atoms with van der Waals surface area (Å²) in [6, 6.07) is 1.50. The highest BCUT2D eigenvalue weighted by Crippen LogP contribution is 2.20. The van der Waals surface area contributed by atoms with Crippen molar-refractivity contribution < 1.29 is 23.9 Å². The Bertz CT molecular complexity index is 596. The molecule has 7 nitrogen and oxygen atoms in total. The Balaban J connectivity index is 2.08. The second-order valence-electron chi connectivity index (χ2n) is 5.75. The maximum Gasteiger partial charge on any atom is 0.326 e. The molecule has 1 fully saturated rings. The summed E-state index contributed by atoms with van der Waals surface area (Å²) in [6.07, 6.45) is 5.88. The number of carbonyl (C=O) groups is 3. The second kappa shape index (κ2) is 8.33. The van der Waals surface area contributed by atoms with Crippen LogP contribution in [0.2, 0.25) is 0 Å². The zero-order valence-corrected chi connectivity index (χ0v) is 13.4. The van der Waals surface area contributed by atoms with Gasteiger partial charge in [0.1, 0.15) is 12.1 Å². The Morgan fingerprint density at radius 2 is 2.25 bits per heavy atom. The second-order valence-corrected chi connectivity index (χ2v) is 5.75. The van der Waals surface area contributed by atoms with E-state index in [1.165, 1.54) is 11.2 Å². The lowest BCUT2D eigenvalue weighted by Gasteiger charge is -2.34. The first kappa shape index (κ1) is 17.8. The number of hydrogen-bond acceptors (Lipinski definition) is 4. The molecule has 2 rings (SSSR count). The Hall–Kier alpha value is -2.57. The zero-order valence-electron chi connectivity index (χ0n) is 13.4. The van der Waals surface area contributed by atoms with Gasteiger partial charge in [0.25, 0.3) is 5.91 Å². The van der Waals surface area contributed by atoms with Gasteiger partial charge >= 0.3 is 5.97 Å².